The van der Waals surface area contributed by atoms with Gasteiger partial charge in [0.05, 0.1) is 0 Å². The number of likely N-dealkylation sites (tertiary alicyclic amines) is 1. The van der Waals surface area contributed by atoms with Gasteiger partial charge in [-0.1, -0.05) is 19.8 Å². The number of carbonyl (C=O) groups is 3. The zero-order chi connectivity index (χ0) is 22.5. The first-order chi connectivity index (χ1) is 15.0. The lowest BCUT2D eigenvalue weighted by atomic mass is 10.0. The van der Waals surface area contributed by atoms with Crippen LogP contribution in [-0.2, 0) is 14.4 Å². The second-order valence-electron chi connectivity index (χ2n) is 8.07. The van der Waals surface area contributed by atoms with Gasteiger partial charge in [-0.05, 0) is 49.8 Å². The van der Waals surface area contributed by atoms with Gasteiger partial charge in [-0.3, -0.25) is 19.4 Å². The summed E-state index contributed by atoms with van der Waals surface area (Å²) in [6.07, 6.45) is 8.86. The van der Waals surface area contributed by atoms with Crippen molar-refractivity contribution in [2.24, 2.45) is 0 Å². The number of unbranched alkanes of at least 4 members (excludes halogenated alkanes) is 3. The second kappa shape index (κ2) is 13.7. The molecule has 2 heterocycles. The summed E-state index contributed by atoms with van der Waals surface area (Å²) < 4.78 is 0. The molecule has 0 aromatic carbocycles. The lowest BCUT2D eigenvalue weighted by Gasteiger charge is -2.28. The van der Waals surface area contributed by atoms with Crippen molar-refractivity contribution in [2.45, 2.75) is 76.9 Å². The second-order valence-corrected chi connectivity index (χ2v) is 8.07. The minimum atomic E-state index is -1.13. The Balaban J connectivity index is 1.79. The highest BCUT2D eigenvalue weighted by Gasteiger charge is 2.33. The van der Waals surface area contributed by atoms with Crippen molar-refractivity contribution < 1.29 is 19.5 Å². The van der Waals surface area contributed by atoms with Crippen LogP contribution in [0.5, 0.6) is 0 Å². The first-order valence-electron chi connectivity index (χ1n) is 11.5. The average Bonchev–Trinajstić information content (AvgIpc) is 3.33. The van der Waals surface area contributed by atoms with Crippen LogP contribution in [0.25, 0.3) is 0 Å². The minimum absolute atomic E-state index is 0.0768. The zero-order valence-electron chi connectivity index (χ0n) is 18.5. The molecule has 0 radical (unpaired) electrons. The van der Waals surface area contributed by atoms with Gasteiger partial charge in [0, 0.05) is 44.9 Å². The Morgan fingerprint density at radius 3 is 2.39 bits per heavy atom. The molecule has 31 heavy (non-hydrogen) atoms. The number of amides is 3. The molecule has 3 N–H and O–H groups in total. The molecular weight excluding hydrogens is 396 g/mol. The highest BCUT2D eigenvalue weighted by molar-refractivity contribution is 5.88. The first-order valence-corrected chi connectivity index (χ1v) is 11.5. The van der Waals surface area contributed by atoms with Crippen LogP contribution in [-0.4, -0.2) is 58.4 Å². The summed E-state index contributed by atoms with van der Waals surface area (Å²) in [7, 11) is 0. The summed E-state index contributed by atoms with van der Waals surface area (Å²) in [5.74, 6) is -0.421. The van der Waals surface area contributed by atoms with Gasteiger partial charge in [0.2, 0.25) is 17.7 Å². The fourth-order valence-electron chi connectivity index (χ4n) is 3.65. The van der Waals surface area contributed by atoms with Gasteiger partial charge in [-0.25, -0.2) is 0 Å². The molecule has 0 aliphatic carbocycles. The van der Waals surface area contributed by atoms with Crippen LogP contribution in [0.15, 0.2) is 24.5 Å². The number of nitrogens with zero attached hydrogens (tertiary/aromatic N) is 2. The standard InChI is InChI=1S/C23H36N4O4/c1-2-3-9-19(28)25-13-6-4-5-10-20(29)26-21(23(31)27-16-7-8-17-27)22(30)18-11-14-24-15-12-18/h11-12,14-15,21-22,30H,2-10,13,16-17H2,1H3,(H,25,28)(H,26,29)/t21-,22+/m0/s1. The molecule has 1 fully saturated rings. The Morgan fingerprint density at radius 2 is 1.71 bits per heavy atom. The molecular formula is C23H36N4O4. The van der Waals surface area contributed by atoms with Gasteiger partial charge in [-0.15, -0.1) is 0 Å². The van der Waals surface area contributed by atoms with Crippen LogP contribution in [0, 0.1) is 0 Å². The summed E-state index contributed by atoms with van der Waals surface area (Å²) in [4.78, 5) is 42.7. The van der Waals surface area contributed by atoms with E-state index in [9.17, 15) is 19.5 Å². The molecule has 8 heteroatoms. The average molecular weight is 433 g/mol. The van der Waals surface area contributed by atoms with E-state index in [-0.39, 0.29) is 24.1 Å². The molecule has 0 bridgehead atoms. The number of nitrogens with one attached hydrogen (secondary N) is 2. The van der Waals surface area contributed by atoms with Crippen molar-refractivity contribution in [3.8, 4) is 0 Å². The van der Waals surface area contributed by atoms with Crippen molar-refractivity contribution in [2.75, 3.05) is 19.6 Å². The van der Waals surface area contributed by atoms with Crippen LogP contribution in [0.1, 0.15) is 76.4 Å². The minimum Gasteiger partial charge on any atom is -0.386 e. The molecule has 2 atom stereocenters. The SMILES string of the molecule is CCCCC(=O)NCCCCCC(=O)N[C@H](C(=O)N1CCCC1)[C@H](O)c1ccncc1. The zero-order valence-corrected chi connectivity index (χ0v) is 18.5. The summed E-state index contributed by atoms with van der Waals surface area (Å²) in [6.45, 7) is 3.97. The predicted molar refractivity (Wildman–Crippen MR) is 118 cm³/mol. The number of aromatic nitrogens is 1. The van der Waals surface area contributed by atoms with Crippen LogP contribution in [0.3, 0.4) is 0 Å². The summed E-state index contributed by atoms with van der Waals surface area (Å²) in [5, 5.41) is 16.4. The maximum Gasteiger partial charge on any atom is 0.248 e. The van der Waals surface area contributed by atoms with Gasteiger partial charge < -0.3 is 20.6 Å². The van der Waals surface area contributed by atoms with Gasteiger partial charge in [0.25, 0.3) is 0 Å². The van der Waals surface area contributed by atoms with Gasteiger partial charge in [-0.2, -0.15) is 0 Å². The topological polar surface area (TPSA) is 112 Å². The third kappa shape index (κ3) is 8.65. The van der Waals surface area contributed by atoms with Crippen LogP contribution >= 0.6 is 0 Å². The van der Waals surface area contributed by atoms with E-state index in [0.29, 0.717) is 38.0 Å². The first kappa shape index (κ1) is 24.8. The number of pyridine rings is 1. The van der Waals surface area contributed by atoms with Crippen molar-refractivity contribution in [3.05, 3.63) is 30.1 Å². The molecule has 0 saturated carbocycles. The van der Waals surface area contributed by atoms with E-state index < -0.39 is 12.1 Å². The van der Waals surface area contributed by atoms with Crippen LogP contribution in [0.2, 0.25) is 0 Å². The van der Waals surface area contributed by atoms with Crippen LogP contribution in [0.4, 0.5) is 0 Å². The van der Waals surface area contributed by atoms with Crippen molar-refractivity contribution in [1.29, 1.82) is 0 Å². The molecule has 0 unspecified atom stereocenters. The number of rotatable bonds is 13. The molecule has 1 saturated heterocycles. The number of hydrogen-bond donors (Lipinski definition) is 3. The molecule has 3 amide bonds. The highest BCUT2D eigenvalue weighted by Crippen LogP contribution is 2.20. The predicted octanol–water partition coefficient (Wildman–Crippen LogP) is 2.09. The summed E-state index contributed by atoms with van der Waals surface area (Å²) in [5.41, 5.74) is 0.548. The highest BCUT2D eigenvalue weighted by atomic mass is 16.3. The van der Waals surface area contributed by atoms with Gasteiger partial charge in [0.15, 0.2) is 0 Å². The van der Waals surface area contributed by atoms with E-state index >= 15 is 0 Å². The van der Waals surface area contributed by atoms with E-state index in [2.05, 4.69) is 22.5 Å². The third-order valence-corrected chi connectivity index (χ3v) is 5.52. The fourth-order valence-corrected chi connectivity index (χ4v) is 3.65. The van der Waals surface area contributed by atoms with E-state index in [1.807, 2.05) is 0 Å². The van der Waals surface area contributed by atoms with E-state index in [1.54, 1.807) is 29.4 Å². The van der Waals surface area contributed by atoms with Crippen LogP contribution < -0.4 is 10.6 Å². The smallest absolute Gasteiger partial charge is 0.248 e. The third-order valence-electron chi connectivity index (χ3n) is 5.52. The molecule has 1 aromatic heterocycles. The Kier molecular flexibility index (Phi) is 11.0. The number of hydrogen-bond acceptors (Lipinski definition) is 5. The Hall–Kier alpha value is -2.48. The van der Waals surface area contributed by atoms with Crippen molar-refractivity contribution >= 4 is 17.7 Å². The molecule has 8 nitrogen and oxygen atoms in total. The maximum absolute atomic E-state index is 12.9. The summed E-state index contributed by atoms with van der Waals surface area (Å²) in [6, 6.07) is 2.29. The molecule has 0 spiro atoms. The molecule has 2 rings (SSSR count). The van der Waals surface area contributed by atoms with Gasteiger partial charge in [0.1, 0.15) is 12.1 Å². The van der Waals surface area contributed by atoms with E-state index in [4.69, 9.17) is 0 Å². The van der Waals surface area contributed by atoms with E-state index in [1.165, 1.54) is 0 Å². The Labute approximate surface area is 184 Å². The quantitative estimate of drug-likeness (QED) is 0.413. The molecule has 1 aliphatic heterocycles. The maximum atomic E-state index is 12.9. The normalized spacial score (nSPS) is 15.4. The Morgan fingerprint density at radius 1 is 1.03 bits per heavy atom. The number of carbonyl (C=O) groups excluding carboxylic acids is 3. The molecule has 1 aromatic rings. The molecule has 1 aliphatic rings. The summed E-state index contributed by atoms with van der Waals surface area (Å²) >= 11 is 0. The molecule has 172 valence electrons. The monoisotopic (exact) mass is 432 g/mol. The number of aliphatic hydroxyl groups is 1. The largest absolute Gasteiger partial charge is 0.386 e. The number of aliphatic hydroxyl groups excluding tert-OH is 1. The fraction of sp³-hybridized carbons (Fsp3) is 0.652. The van der Waals surface area contributed by atoms with E-state index in [0.717, 1.165) is 38.5 Å². The lowest BCUT2D eigenvalue weighted by Crippen LogP contribution is -2.51. The van der Waals surface area contributed by atoms with Crippen molar-refractivity contribution in [3.63, 3.8) is 0 Å². The van der Waals surface area contributed by atoms with Crippen molar-refractivity contribution in [1.82, 2.24) is 20.5 Å². The Bertz CT molecular complexity index is 692. The lowest BCUT2D eigenvalue weighted by molar-refractivity contribution is -0.139. The van der Waals surface area contributed by atoms with Gasteiger partial charge >= 0.3 is 0 Å².